The van der Waals surface area contributed by atoms with Gasteiger partial charge in [-0.15, -0.1) is 0 Å². The third-order valence-electron chi connectivity index (χ3n) is 4.84. The monoisotopic (exact) mass is 386 g/mol. The molecule has 2 aromatic carbocycles. The van der Waals surface area contributed by atoms with Crippen LogP contribution in [0, 0.1) is 0 Å². The van der Waals surface area contributed by atoms with E-state index in [-0.39, 0.29) is 13.1 Å². The standard InChI is InChI=1S/C22H24F2N2O2/c23-22(24,20(27)12-11-18-7-3-1-4-8-18)21(28)26-15-13-25(14-16-26)17-19-9-5-2-6-10-19/h1-12,20,27H,13-17H2/b12-11+. The lowest BCUT2D eigenvalue weighted by atomic mass is 10.1. The quantitative estimate of drug-likeness (QED) is 0.830. The fraction of sp³-hybridized carbons (Fsp3) is 0.318. The number of alkyl halides is 2. The van der Waals surface area contributed by atoms with Crippen LogP contribution in [0.5, 0.6) is 0 Å². The molecule has 0 bridgehead atoms. The van der Waals surface area contributed by atoms with Crippen molar-refractivity contribution < 1.29 is 18.7 Å². The summed E-state index contributed by atoms with van der Waals surface area (Å²) in [5.41, 5.74) is 1.83. The number of hydrogen-bond acceptors (Lipinski definition) is 3. The summed E-state index contributed by atoms with van der Waals surface area (Å²) in [5.74, 6) is -5.18. The van der Waals surface area contributed by atoms with Crippen molar-refractivity contribution in [2.75, 3.05) is 26.2 Å². The van der Waals surface area contributed by atoms with Crippen LogP contribution in [0.25, 0.3) is 6.08 Å². The van der Waals surface area contributed by atoms with Crippen molar-refractivity contribution >= 4 is 12.0 Å². The maximum absolute atomic E-state index is 14.4. The molecule has 4 nitrogen and oxygen atoms in total. The van der Waals surface area contributed by atoms with E-state index in [1.54, 1.807) is 24.3 Å². The predicted octanol–water partition coefficient (Wildman–Crippen LogP) is 3.04. The average molecular weight is 386 g/mol. The summed E-state index contributed by atoms with van der Waals surface area (Å²) < 4.78 is 28.9. The van der Waals surface area contributed by atoms with Crippen LogP contribution < -0.4 is 0 Å². The first-order chi connectivity index (χ1) is 13.5. The van der Waals surface area contributed by atoms with Crippen molar-refractivity contribution in [3.63, 3.8) is 0 Å². The van der Waals surface area contributed by atoms with Gasteiger partial charge in [-0.1, -0.05) is 66.7 Å². The van der Waals surface area contributed by atoms with Crippen LogP contribution in [-0.4, -0.2) is 59.0 Å². The van der Waals surface area contributed by atoms with E-state index in [0.29, 0.717) is 18.7 Å². The van der Waals surface area contributed by atoms with Gasteiger partial charge >= 0.3 is 5.92 Å². The minimum atomic E-state index is -3.85. The zero-order valence-electron chi connectivity index (χ0n) is 15.5. The zero-order chi connectivity index (χ0) is 20.0. The Morgan fingerprint density at radius 1 is 1.00 bits per heavy atom. The number of benzene rings is 2. The second-order valence-electron chi connectivity index (χ2n) is 6.89. The van der Waals surface area contributed by atoms with Gasteiger partial charge in [0.2, 0.25) is 0 Å². The Kier molecular flexibility index (Phi) is 6.54. The molecule has 1 aliphatic heterocycles. The minimum Gasteiger partial charge on any atom is -0.382 e. The SMILES string of the molecule is O=C(N1CCN(Cc2ccccc2)CC1)C(F)(F)C(O)/C=C/c1ccccc1. The topological polar surface area (TPSA) is 43.8 Å². The van der Waals surface area contributed by atoms with Gasteiger partial charge < -0.3 is 10.0 Å². The van der Waals surface area contributed by atoms with Crippen molar-refractivity contribution in [3.05, 3.63) is 77.9 Å². The molecule has 1 N–H and O–H groups in total. The molecule has 148 valence electrons. The Morgan fingerprint density at radius 3 is 2.18 bits per heavy atom. The van der Waals surface area contributed by atoms with Crippen LogP contribution in [0.15, 0.2) is 66.7 Å². The molecule has 0 radical (unpaired) electrons. The average Bonchev–Trinajstić information content (AvgIpc) is 2.73. The van der Waals surface area contributed by atoms with Gasteiger partial charge in [-0.25, -0.2) is 0 Å². The van der Waals surface area contributed by atoms with Gasteiger partial charge in [0, 0.05) is 32.7 Å². The highest BCUT2D eigenvalue weighted by Gasteiger charge is 2.48. The number of amides is 1. The number of carbonyl (C=O) groups is 1. The normalized spacial score (nSPS) is 17.0. The number of aliphatic hydroxyl groups excluding tert-OH is 1. The number of rotatable bonds is 6. The van der Waals surface area contributed by atoms with Gasteiger partial charge in [-0.2, -0.15) is 8.78 Å². The Balaban J connectivity index is 1.55. The minimum absolute atomic E-state index is 0.219. The third kappa shape index (κ3) is 5.03. The van der Waals surface area contributed by atoms with Crippen LogP contribution in [-0.2, 0) is 11.3 Å². The molecule has 1 unspecified atom stereocenters. The largest absolute Gasteiger partial charge is 0.382 e. The van der Waals surface area contributed by atoms with Crippen LogP contribution in [0.2, 0.25) is 0 Å². The van der Waals surface area contributed by atoms with Crippen LogP contribution in [0.4, 0.5) is 8.78 Å². The molecule has 1 atom stereocenters. The van der Waals surface area contributed by atoms with Crippen LogP contribution >= 0.6 is 0 Å². The van der Waals surface area contributed by atoms with E-state index in [0.717, 1.165) is 23.1 Å². The molecule has 6 heteroatoms. The molecule has 1 saturated heterocycles. The molecule has 0 aromatic heterocycles. The number of hydrogen-bond donors (Lipinski definition) is 1. The lowest BCUT2D eigenvalue weighted by Crippen LogP contribution is -2.55. The summed E-state index contributed by atoms with van der Waals surface area (Å²) in [6.07, 6.45) is 0.199. The van der Waals surface area contributed by atoms with Gasteiger partial charge in [0.15, 0.2) is 0 Å². The summed E-state index contributed by atoms with van der Waals surface area (Å²) in [4.78, 5) is 15.6. The molecule has 0 spiro atoms. The molecule has 28 heavy (non-hydrogen) atoms. The van der Waals surface area contributed by atoms with E-state index < -0.39 is 17.9 Å². The summed E-state index contributed by atoms with van der Waals surface area (Å²) in [6, 6.07) is 18.7. The van der Waals surface area contributed by atoms with Crippen molar-refractivity contribution in [1.29, 1.82) is 0 Å². The molecular weight excluding hydrogens is 362 g/mol. The fourth-order valence-corrected chi connectivity index (χ4v) is 3.18. The van der Waals surface area contributed by atoms with Gasteiger partial charge in [-0.05, 0) is 17.2 Å². The second-order valence-corrected chi connectivity index (χ2v) is 6.89. The van der Waals surface area contributed by atoms with E-state index in [9.17, 15) is 18.7 Å². The number of piperazine rings is 1. The predicted molar refractivity (Wildman–Crippen MR) is 105 cm³/mol. The van der Waals surface area contributed by atoms with Crippen molar-refractivity contribution in [1.82, 2.24) is 9.80 Å². The van der Waals surface area contributed by atoms with E-state index >= 15 is 0 Å². The molecule has 3 rings (SSSR count). The maximum atomic E-state index is 14.4. The molecule has 0 aliphatic carbocycles. The molecular formula is C22H24F2N2O2. The number of aliphatic hydroxyl groups is 1. The number of carbonyl (C=O) groups excluding carboxylic acids is 1. The maximum Gasteiger partial charge on any atom is 0.353 e. The lowest BCUT2D eigenvalue weighted by Gasteiger charge is -2.36. The Bertz CT molecular complexity index is 789. The first-order valence-electron chi connectivity index (χ1n) is 9.31. The lowest BCUT2D eigenvalue weighted by molar-refractivity contribution is -0.171. The number of nitrogens with zero attached hydrogens (tertiary/aromatic N) is 2. The molecule has 1 fully saturated rings. The van der Waals surface area contributed by atoms with E-state index in [1.807, 2.05) is 36.4 Å². The molecule has 1 heterocycles. The summed E-state index contributed by atoms with van der Waals surface area (Å²) in [7, 11) is 0. The first-order valence-corrected chi connectivity index (χ1v) is 9.31. The highest BCUT2D eigenvalue weighted by molar-refractivity contribution is 5.84. The number of halogens is 2. The smallest absolute Gasteiger partial charge is 0.353 e. The highest BCUT2D eigenvalue weighted by Crippen LogP contribution is 2.24. The van der Waals surface area contributed by atoms with Gasteiger partial charge in [0.25, 0.3) is 5.91 Å². The Hall–Kier alpha value is -2.57. The second kappa shape index (κ2) is 9.08. The molecule has 2 aromatic rings. The van der Waals surface area contributed by atoms with Crippen molar-refractivity contribution in [2.24, 2.45) is 0 Å². The molecule has 1 amide bonds. The van der Waals surface area contributed by atoms with Gasteiger partial charge in [0.05, 0.1) is 0 Å². The third-order valence-corrected chi connectivity index (χ3v) is 4.84. The van der Waals surface area contributed by atoms with Gasteiger partial charge in [-0.3, -0.25) is 9.69 Å². The van der Waals surface area contributed by atoms with E-state index in [2.05, 4.69) is 4.90 Å². The van der Waals surface area contributed by atoms with Crippen LogP contribution in [0.3, 0.4) is 0 Å². The van der Waals surface area contributed by atoms with Crippen molar-refractivity contribution in [3.8, 4) is 0 Å². The van der Waals surface area contributed by atoms with Crippen molar-refractivity contribution in [2.45, 2.75) is 18.6 Å². The fourth-order valence-electron chi connectivity index (χ4n) is 3.18. The highest BCUT2D eigenvalue weighted by atomic mass is 19.3. The molecule has 0 saturated carbocycles. The van der Waals surface area contributed by atoms with Gasteiger partial charge in [0.1, 0.15) is 6.10 Å². The Labute approximate surface area is 163 Å². The molecule has 1 aliphatic rings. The summed E-state index contributed by atoms with van der Waals surface area (Å²) in [5, 5.41) is 9.89. The van der Waals surface area contributed by atoms with E-state index in [1.165, 1.54) is 6.08 Å². The first kappa shape index (κ1) is 20.2. The summed E-state index contributed by atoms with van der Waals surface area (Å²) in [6.45, 7) is 2.20. The van der Waals surface area contributed by atoms with E-state index in [4.69, 9.17) is 0 Å². The van der Waals surface area contributed by atoms with Crippen LogP contribution in [0.1, 0.15) is 11.1 Å². The Morgan fingerprint density at radius 2 is 1.57 bits per heavy atom. The zero-order valence-corrected chi connectivity index (χ0v) is 15.5. The summed E-state index contributed by atoms with van der Waals surface area (Å²) >= 11 is 0.